The van der Waals surface area contributed by atoms with Crippen molar-refractivity contribution in [3.8, 4) is 0 Å². The van der Waals surface area contributed by atoms with Gasteiger partial charge < -0.3 is 15.5 Å². The first-order valence-electron chi connectivity index (χ1n) is 7.04. The topological polar surface area (TPSA) is 49.6 Å². The molecular formula is C15H24Cl2FN3O. The van der Waals surface area contributed by atoms with Crippen LogP contribution >= 0.6 is 24.8 Å². The van der Waals surface area contributed by atoms with Gasteiger partial charge in [0.2, 0.25) is 5.91 Å². The van der Waals surface area contributed by atoms with Crippen LogP contribution in [0.2, 0.25) is 0 Å². The molecule has 0 aliphatic carbocycles. The number of amides is 1. The Morgan fingerprint density at radius 1 is 1.14 bits per heavy atom. The number of anilines is 1. The van der Waals surface area contributed by atoms with Crippen molar-refractivity contribution in [3.63, 3.8) is 0 Å². The number of nitrogens with two attached hydrogens (primary N) is 1. The monoisotopic (exact) mass is 351 g/mol. The molecule has 1 aliphatic rings. The number of carbonyl (C=O) groups is 1. The Labute approximate surface area is 143 Å². The zero-order chi connectivity index (χ0) is 14.7. The highest BCUT2D eigenvalue weighted by Crippen LogP contribution is 2.20. The molecule has 126 valence electrons. The molecule has 0 unspecified atom stereocenters. The molecule has 22 heavy (non-hydrogen) atoms. The summed E-state index contributed by atoms with van der Waals surface area (Å²) < 4.78 is 13.7. The molecule has 7 heteroatoms. The van der Waals surface area contributed by atoms with E-state index in [1.807, 2.05) is 24.8 Å². The minimum absolute atomic E-state index is 0. The van der Waals surface area contributed by atoms with Crippen LogP contribution in [-0.4, -0.2) is 43.0 Å². The fourth-order valence-electron chi connectivity index (χ4n) is 2.37. The summed E-state index contributed by atoms with van der Waals surface area (Å²) in [6.45, 7) is 6.34. The van der Waals surface area contributed by atoms with Crippen molar-refractivity contribution in [2.24, 2.45) is 11.7 Å². The van der Waals surface area contributed by atoms with Crippen LogP contribution in [0.25, 0.3) is 0 Å². The molecule has 1 aromatic rings. The van der Waals surface area contributed by atoms with Gasteiger partial charge in [-0.15, -0.1) is 24.8 Å². The fraction of sp³-hybridized carbons (Fsp3) is 0.533. The Morgan fingerprint density at radius 2 is 1.68 bits per heavy atom. The molecule has 1 fully saturated rings. The summed E-state index contributed by atoms with van der Waals surface area (Å²) >= 11 is 0. The maximum Gasteiger partial charge on any atom is 0.239 e. The highest BCUT2D eigenvalue weighted by Gasteiger charge is 2.27. The van der Waals surface area contributed by atoms with Gasteiger partial charge in [-0.05, 0) is 18.1 Å². The van der Waals surface area contributed by atoms with Crippen LogP contribution in [0.15, 0.2) is 24.3 Å². The minimum Gasteiger partial charge on any atom is -0.366 e. The van der Waals surface area contributed by atoms with Gasteiger partial charge in [0.25, 0.3) is 0 Å². The first-order valence-corrected chi connectivity index (χ1v) is 7.04. The Balaban J connectivity index is 0.00000220. The normalized spacial score (nSPS) is 15.9. The van der Waals surface area contributed by atoms with Crippen LogP contribution in [0.5, 0.6) is 0 Å². The van der Waals surface area contributed by atoms with Gasteiger partial charge in [0.05, 0.1) is 11.7 Å². The Hall–Kier alpha value is -1.04. The summed E-state index contributed by atoms with van der Waals surface area (Å²) in [6, 6.07) is 6.29. The minimum atomic E-state index is -0.449. The van der Waals surface area contributed by atoms with Gasteiger partial charge in [0.15, 0.2) is 0 Å². The predicted molar refractivity (Wildman–Crippen MR) is 92.5 cm³/mol. The van der Waals surface area contributed by atoms with E-state index < -0.39 is 6.04 Å². The lowest BCUT2D eigenvalue weighted by Crippen LogP contribution is -2.54. The molecule has 0 aromatic heterocycles. The quantitative estimate of drug-likeness (QED) is 0.908. The maximum atomic E-state index is 13.7. The number of para-hydroxylation sites is 1. The molecule has 0 radical (unpaired) electrons. The summed E-state index contributed by atoms with van der Waals surface area (Å²) in [4.78, 5) is 15.9. The molecule has 0 spiro atoms. The lowest BCUT2D eigenvalue weighted by molar-refractivity contribution is -0.133. The largest absolute Gasteiger partial charge is 0.366 e. The fourth-order valence-corrected chi connectivity index (χ4v) is 2.37. The van der Waals surface area contributed by atoms with E-state index in [0.29, 0.717) is 31.9 Å². The van der Waals surface area contributed by atoms with Gasteiger partial charge in [0.1, 0.15) is 5.82 Å². The summed E-state index contributed by atoms with van der Waals surface area (Å²) in [6.07, 6.45) is 0. The standard InChI is InChI=1S/C15H22FN3O.2ClH/c1-11(2)14(17)15(20)19-9-7-18(8-10-19)13-6-4-3-5-12(13)16;;/h3-6,11,14H,7-10,17H2,1-2H3;2*1H/t14-;;/m1../s1. The number of rotatable bonds is 3. The predicted octanol–water partition coefficient (Wildman–Crippen LogP) is 2.30. The second kappa shape index (κ2) is 9.18. The van der Waals surface area contributed by atoms with Crippen LogP contribution in [0.1, 0.15) is 13.8 Å². The lowest BCUT2D eigenvalue weighted by atomic mass is 10.0. The van der Waals surface area contributed by atoms with Crippen LogP contribution < -0.4 is 10.6 Å². The van der Waals surface area contributed by atoms with E-state index >= 15 is 0 Å². The molecule has 1 aromatic carbocycles. The Kier molecular flexibility index (Phi) is 8.74. The number of benzene rings is 1. The molecular weight excluding hydrogens is 328 g/mol. The van der Waals surface area contributed by atoms with E-state index in [1.165, 1.54) is 6.07 Å². The molecule has 0 bridgehead atoms. The van der Waals surface area contributed by atoms with E-state index in [9.17, 15) is 9.18 Å². The number of piperazine rings is 1. The molecule has 0 saturated carbocycles. The van der Waals surface area contributed by atoms with Crippen LogP contribution in [-0.2, 0) is 4.79 Å². The summed E-state index contributed by atoms with van der Waals surface area (Å²) in [5.41, 5.74) is 6.50. The summed E-state index contributed by atoms with van der Waals surface area (Å²) in [5.74, 6) is -0.0913. The van der Waals surface area contributed by atoms with Crippen LogP contribution in [0.4, 0.5) is 10.1 Å². The van der Waals surface area contributed by atoms with Crippen LogP contribution in [0, 0.1) is 11.7 Å². The van der Waals surface area contributed by atoms with Crippen molar-refractivity contribution in [2.45, 2.75) is 19.9 Å². The van der Waals surface area contributed by atoms with Gasteiger partial charge in [-0.3, -0.25) is 4.79 Å². The third-order valence-corrected chi connectivity index (χ3v) is 3.79. The second-order valence-electron chi connectivity index (χ2n) is 5.53. The van der Waals surface area contributed by atoms with Crippen molar-refractivity contribution < 1.29 is 9.18 Å². The molecule has 1 saturated heterocycles. The lowest BCUT2D eigenvalue weighted by Gasteiger charge is -2.37. The van der Waals surface area contributed by atoms with E-state index in [1.54, 1.807) is 17.0 Å². The zero-order valence-corrected chi connectivity index (χ0v) is 14.5. The number of halogens is 3. The molecule has 1 heterocycles. The average Bonchev–Trinajstić information content (AvgIpc) is 2.46. The Morgan fingerprint density at radius 3 is 2.18 bits per heavy atom. The molecule has 2 rings (SSSR count). The van der Waals surface area contributed by atoms with Crippen molar-refractivity contribution in [3.05, 3.63) is 30.1 Å². The van der Waals surface area contributed by atoms with E-state index in [0.717, 1.165) is 0 Å². The molecule has 1 amide bonds. The molecule has 1 atom stereocenters. The summed E-state index contributed by atoms with van der Waals surface area (Å²) in [7, 11) is 0. The van der Waals surface area contributed by atoms with Crippen molar-refractivity contribution in [1.29, 1.82) is 0 Å². The molecule has 2 N–H and O–H groups in total. The van der Waals surface area contributed by atoms with Crippen LogP contribution in [0.3, 0.4) is 0 Å². The van der Waals surface area contributed by atoms with Gasteiger partial charge >= 0.3 is 0 Å². The molecule has 4 nitrogen and oxygen atoms in total. The van der Waals surface area contributed by atoms with Gasteiger partial charge in [0, 0.05) is 26.2 Å². The number of hydrogen-bond acceptors (Lipinski definition) is 3. The summed E-state index contributed by atoms with van der Waals surface area (Å²) in [5, 5.41) is 0. The second-order valence-corrected chi connectivity index (χ2v) is 5.53. The SMILES string of the molecule is CC(C)[C@@H](N)C(=O)N1CCN(c2ccccc2F)CC1.Cl.Cl. The van der Waals surface area contributed by atoms with E-state index in [4.69, 9.17) is 5.73 Å². The first kappa shape index (κ1) is 21.0. The van der Waals surface area contributed by atoms with Crippen molar-refractivity contribution >= 4 is 36.4 Å². The van der Waals surface area contributed by atoms with E-state index in [-0.39, 0.29) is 42.5 Å². The third kappa shape index (κ3) is 4.73. The Bertz CT molecular complexity index is 480. The van der Waals surface area contributed by atoms with Crippen molar-refractivity contribution in [2.75, 3.05) is 31.1 Å². The number of hydrogen-bond donors (Lipinski definition) is 1. The maximum absolute atomic E-state index is 13.7. The zero-order valence-electron chi connectivity index (χ0n) is 12.9. The molecule has 1 aliphatic heterocycles. The first-order chi connectivity index (χ1) is 9.50. The van der Waals surface area contributed by atoms with Gasteiger partial charge in [-0.2, -0.15) is 0 Å². The van der Waals surface area contributed by atoms with Crippen molar-refractivity contribution in [1.82, 2.24) is 4.90 Å². The third-order valence-electron chi connectivity index (χ3n) is 3.79. The van der Waals surface area contributed by atoms with E-state index in [2.05, 4.69) is 0 Å². The highest BCUT2D eigenvalue weighted by atomic mass is 35.5. The highest BCUT2D eigenvalue weighted by molar-refractivity contribution is 5.85. The average molecular weight is 352 g/mol. The number of nitrogens with zero attached hydrogens (tertiary/aromatic N) is 2. The smallest absolute Gasteiger partial charge is 0.239 e. The van der Waals surface area contributed by atoms with Gasteiger partial charge in [-0.1, -0.05) is 26.0 Å². The van der Waals surface area contributed by atoms with Gasteiger partial charge in [-0.25, -0.2) is 4.39 Å². The number of carbonyl (C=O) groups excluding carboxylic acids is 1.